The Bertz CT molecular complexity index is 1490. The molecule has 4 heterocycles. The van der Waals surface area contributed by atoms with Crippen LogP contribution in [0.25, 0.3) is 32.9 Å². The van der Waals surface area contributed by atoms with Gasteiger partial charge in [-0.2, -0.15) is 9.97 Å². The number of hydrogen-bond donors (Lipinski definition) is 1. The maximum Gasteiger partial charge on any atom is 0.318 e. The van der Waals surface area contributed by atoms with E-state index in [1.165, 1.54) is 13.2 Å². The van der Waals surface area contributed by atoms with Crippen molar-refractivity contribution in [1.29, 1.82) is 0 Å². The standard InChI is InChI=1S/C25H20BFN4O3/c1-3-14-5-4-6-15-9-16(32)10-18(20(14)15)22-21(27)23-19(11-28-22)24(30-25(29-23)33-2)31-12-17-7-8-26(13-31)34-17/h1,4-6,9-11,17,32H,7-8,12-13H2,2H3. The first-order valence-electron chi connectivity index (χ1n) is 11.1. The predicted molar refractivity (Wildman–Crippen MR) is 129 cm³/mol. The second kappa shape index (κ2) is 7.85. The molecular formula is C25H20BFN4O3. The van der Waals surface area contributed by atoms with Crippen LogP contribution in [0.15, 0.2) is 36.5 Å². The lowest BCUT2D eigenvalue weighted by atomic mass is 9.65. The number of benzene rings is 2. The van der Waals surface area contributed by atoms with Crippen LogP contribution in [-0.4, -0.2) is 53.2 Å². The maximum absolute atomic E-state index is 16.1. The Balaban J connectivity index is 1.58. The van der Waals surface area contributed by atoms with E-state index in [9.17, 15) is 5.11 Å². The van der Waals surface area contributed by atoms with Crippen molar-refractivity contribution >= 4 is 34.4 Å². The van der Waals surface area contributed by atoms with Crippen molar-refractivity contribution in [2.24, 2.45) is 0 Å². The molecule has 2 bridgehead atoms. The minimum absolute atomic E-state index is 0.0114. The number of halogens is 1. The van der Waals surface area contributed by atoms with Gasteiger partial charge in [0.1, 0.15) is 22.8 Å². The highest BCUT2D eigenvalue weighted by atomic mass is 19.1. The number of terminal acetylenes is 1. The van der Waals surface area contributed by atoms with Crippen molar-refractivity contribution in [3.63, 3.8) is 0 Å². The molecule has 0 aliphatic carbocycles. The Morgan fingerprint density at radius 1 is 1.32 bits per heavy atom. The summed E-state index contributed by atoms with van der Waals surface area (Å²) in [6, 6.07) is 8.52. The Labute approximate surface area is 195 Å². The molecule has 34 heavy (non-hydrogen) atoms. The van der Waals surface area contributed by atoms with Crippen LogP contribution in [0.2, 0.25) is 6.32 Å². The molecule has 1 atom stereocenters. The van der Waals surface area contributed by atoms with Gasteiger partial charge in [-0.05, 0) is 36.3 Å². The largest absolute Gasteiger partial charge is 0.508 e. The average Bonchev–Trinajstić information content (AvgIpc) is 3.20. The minimum atomic E-state index is -0.630. The van der Waals surface area contributed by atoms with E-state index in [0.717, 1.165) is 12.7 Å². The molecule has 9 heteroatoms. The van der Waals surface area contributed by atoms with Crippen molar-refractivity contribution in [2.75, 3.05) is 25.0 Å². The molecule has 1 unspecified atom stereocenters. The Morgan fingerprint density at radius 2 is 2.21 bits per heavy atom. The number of ether oxygens (including phenoxy) is 1. The monoisotopic (exact) mass is 454 g/mol. The molecule has 2 saturated heterocycles. The highest BCUT2D eigenvalue weighted by molar-refractivity contribution is 6.53. The number of phenols is 1. The van der Waals surface area contributed by atoms with Crippen LogP contribution in [0.4, 0.5) is 10.2 Å². The van der Waals surface area contributed by atoms with Crippen LogP contribution in [0.5, 0.6) is 11.8 Å². The number of hydrogen-bond acceptors (Lipinski definition) is 7. The quantitative estimate of drug-likeness (QED) is 0.373. The van der Waals surface area contributed by atoms with Gasteiger partial charge in [-0.15, -0.1) is 6.42 Å². The SMILES string of the molecule is C#Cc1cccc2cc(O)cc(-c3ncc4c(N5CB6CCC(C5)O6)nc(OC)nc4c3F)c12. The highest BCUT2D eigenvalue weighted by Gasteiger charge is 2.38. The summed E-state index contributed by atoms with van der Waals surface area (Å²) in [6.07, 6.45) is 10.1. The van der Waals surface area contributed by atoms with Crippen molar-refractivity contribution < 1.29 is 18.9 Å². The Kier molecular flexibility index (Phi) is 4.78. The molecule has 0 saturated carbocycles. The van der Waals surface area contributed by atoms with E-state index in [0.29, 0.717) is 46.1 Å². The third-order valence-electron chi connectivity index (χ3n) is 6.54. The van der Waals surface area contributed by atoms with Crippen LogP contribution in [0.1, 0.15) is 12.0 Å². The molecule has 2 fully saturated rings. The lowest BCUT2D eigenvalue weighted by Crippen LogP contribution is -2.45. The van der Waals surface area contributed by atoms with Crippen LogP contribution in [-0.2, 0) is 4.65 Å². The molecule has 7 nitrogen and oxygen atoms in total. The van der Waals surface area contributed by atoms with Gasteiger partial charge in [0.15, 0.2) is 5.82 Å². The van der Waals surface area contributed by atoms with E-state index >= 15 is 4.39 Å². The lowest BCUT2D eigenvalue weighted by Gasteiger charge is -2.32. The number of fused-ring (bicyclic) bond motifs is 4. The van der Waals surface area contributed by atoms with Crippen molar-refractivity contribution in [2.45, 2.75) is 18.8 Å². The number of pyridine rings is 1. The average molecular weight is 454 g/mol. The zero-order valence-electron chi connectivity index (χ0n) is 18.5. The van der Waals surface area contributed by atoms with Crippen LogP contribution >= 0.6 is 0 Å². The normalized spacial score (nSPS) is 17.4. The number of aromatic hydroxyl groups is 1. The van der Waals surface area contributed by atoms with Gasteiger partial charge in [0, 0.05) is 35.7 Å². The van der Waals surface area contributed by atoms with E-state index < -0.39 is 5.82 Å². The van der Waals surface area contributed by atoms with E-state index in [2.05, 4.69) is 25.8 Å². The Hall–Kier alpha value is -3.90. The number of phenolic OH excluding ortho intramolecular Hbond substituents is 1. The van der Waals surface area contributed by atoms with Crippen LogP contribution < -0.4 is 9.64 Å². The van der Waals surface area contributed by atoms with Crippen molar-refractivity contribution in [3.05, 3.63) is 47.9 Å². The molecule has 2 aliphatic heterocycles. The van der Waals surface area contributed by atoms with Gasteiger partial charge in [0.05, 0.1) is 18.6 Å². The van der Waals surface area contributed by atoms with Gasteiger partial charge < -0.3 is 19.4 Å². The van der Waals surface area contributed by atoms with E-state index in [4.69, 9.17) is 15.8 Å². The Morgan fingerprint density at radius 3 is 3.00 bits per heavy atom. The number of aromatic nitrogens is 3. The molecule has 0 radical (unpaired) electrons. The smallest absolute Gasteiger partial charge is 0.318 e. The molecule has 4 aromatic rings. The topological polar surface area (TPSA) is 80.6 Å². The molecule has 1 N–H and O–H groups in total. The van der Waals surface area contributed by atoms with Crippen molar-refractivity contribution in [3.8, 4) is 35.4 Å². The molecule has 6 rings (SSSR count). The van der Waals surface area contributed by atoms with Gasteiger partial charge in [-0.3, -0.25) is 4.98 Å². The second-order valence-electron chi connectivity index (χ2n) is 8.62. The van der Waals surface area contributed by atoms with E-state index in [-0.39, 0.29) is 36.0 Å². The van der Waals surface area contributed by atoms with Gasteiger partial charge in [0.2, 0.25) is 0 Å². The summed E-state index contributed by atoms with van der Waals surface area (Å²) in [7, 11) is 1.45. The van der Waals surface area contributed by atoms with Gasteiger partial charge in [0.25, 0.3) is 0 Å². The first-order chi connectivity index (χ1) is 16.6. The second-order valence-corrected chi connectivity index (χ2v) is 8.62. The van der Waals surface area contributed by atoms with Crippen LogP contribution in [0.3, 0.4) is 0 Å². The summed E-state index contributed by atoms with van der Waals surface area (Å²) in [5, 5.41) is 12.1. The first-order valence-corrected chi connectivity index (χ1v) is 11.1. The summed E-state index contributed by atoms with van der Waals surface area (Å²) in [4.78, 5) is 15.4. The summed E-state index contributed by atoms with van der Waals surface area (Å²) in [6.45, 7) is 0.797. The fraction of sp³-hybridized carbons (Fsp3) is 0.240. The summed E-state index contributed by atoms with van der Waals surface area (Å²) in [5.74, 6) is 2.58. The van der Waals surface area contributed by atoms with E-state index in [1.54, 1.807) is 24.4 Å². The van der Waals surface area contributed by atoms with E-state index in [1.807, 2.05) is 6.07 Å². The third kappa shape index (κ3) is 3.22. The number of anilines is 1. The molecule has 0 amide bonds. The third-order valence-corrected chi connectivity index (χ3v) is 6.54. The molecule has 168 valence electrons. The molecular weight excluding hydrogens is 434 g/mol. The van der Waals surface area contributed by atoms with Crippen molar-refractivity contribution in [1.82, 2.24) is 15.0 Å². The van der Waals surface area contributed by atoms with Gasteiger partial charge in [-0.1, -0.05) is 18.1 Å². The molecule has 2 aliphatic rings. The zero-order valence-corrected chi connectivity index (χ0v) is 18.5. The zero-order chi connectivity index (χ0) is 23.4. The lowest BCUT2D eigenvalue weighted by molar-refractivity contribution is 0.221. The minimum Gasteiger partial charge on any atom is -0.508 e. The fourth-order valence-electron chi connectivity index (χ4n) is 5.05. The van der Waals surface area contributed by atoms with Gasteiger partial charge >= 0.3 is 12.9 Å². The molecule has 2 aromatic heterocycles. The number of nitrogens with zero attached hydrogens (tertiary/aromatic N) is 4. The van der Waals surface area contributed by atoms with Crippen LogP contribution in [0, 0.1) is 18.2 Å². The summed E-state index contributed by atoms with van der Waals surface area (Å²) < 4.78 is 27.4. The number of methoxy groups -OCH3 is 1. The molecule has 0 spiro atoms. The molecule has 2 aromatic carbocycles. The number of rotatable bonds is 3. The maximum atomic E-state index is 16.1. The fourth-order valence-corrected chi connectivity index (χ4v) is 5.05. The summed E-state index contributed by atoms with van der Waals surface area (Å²) >= 11 is 0. The first kappa shape index (κ1) is 20.7. The highest BCUT2D eigenvalue weighted by Crippen LogP contribution is 2.38. The summed E-state index contributed by atoms with van der Waals surface area (Å²) in [5.41, 5.74) is 1.12. The van der Waals surface area contributed by atoms with Gasteiger partial charge in [-0.25, -0.2) is 4.39 Å². The predicted octanol–water partition coefficient (Wildman–Crippen LogP) is 3.82.